The Balaban J connectivity index is 1.50. The van der Waals surface area contributed by atoms with E-state index >= 15 is 0 Å². The number of aryl methyl sites for hydroxylation is 1. The van der Waals surface area contributed by atoms with Crippen LogP contribution in [0.15, 0.2) is 47.8 Å². The fourth-order valence-electron chi connectivity index (χ4n) is 3.90. The minimum absolute atomic E-state index is 0.0454. The number of carbonyl (C=O) groups excluding carboxylic acids is 1. The molecular formula is C23H22F3N3OS. The van der Waals surface area contributed by atoms with E-state index in [1.807, 2.05) is 29.3 Å². The molecule has 4 rings (SSSR count). The second kappa shape index (κ2) is 8.78. The average molecular weight is 446 g/mol. The van der Waals surface area contributed by atoms with E-state index in [0.29, 0.717) is 24.3 Å². The molecule has 1 aliphatic rings. The molecule has 1 saturated heterocycles. The standard InChI is InChI=1S/C23H22F3N3OS/c1-15-27-19(14-31-15)12-22(30)29-10-4-6-17(13-29)21-9-3-8-20(28-21)16-5-2-7-18(11-16)23(24,25)26/h2-3,5,7-9,11,14,17H,4,6,10,12-13H2,1H3/t17-/m1/s1. The Morgan fingerprint density at radius 3 is 2.74 bits per heavy atom. The molecule has 0 aliphatic carbocycles. The van der Waals surface area contributed by atoms with E-state index in [9.17, 15) is 18.0 Å². The SMILES string of the molecule is Cc1nc(CC(=O)N2CCC[C@@H](c3cccc(-c4cccc(C(F)(F)F)c4)n3)C2)cs1. The maximum absolute atomic E-state index is 13.1. The minimum Gasteiger partial charge on any atom is -0.342 e. The van der Waals surface area contributed by atoms with Gasteiger partial charge in [0.05, 0.1) is 28.4 Å². The summed E-state index contributed by atoms with van der Waals surface area (Å²) in [6.07, 6.45) is -2.36. The molecule has 1 amide bonds. The number of hydrogen-bond donors (Lipinski definition) is 0. The highest BCUT2D eigenvalue weighted by atomic mass is 32.1. The maximum atomic E-state index is 13.1. The van der Waals surface area contributed by atoms with Crippen molar-refractivity contribution in [1.82, 2.24) is 14.9 Å². The average Bonchev–Trinajstić information content (AvgIpc) is 3.18. The van der Waals surface area contributed by atoms with E-state index in [4.69, 9.17) is 0 Å². The van der Waals surface area contributed by atoms with Gasteiger partial charge in [0.1, 0.15) is 0 Å². The van der Waals surface area contributed by atoms with E-state index in [2.05, 4.69) is 9.97 Å². The summed E-state index contributed by atoms with van der Waals surface area (Å²) in [5.41, 5.74) is 1.84. The van der Waals surface area contributed by atoms with Crippen molar-refractivity contribution in [2.45, 2.75) is 38.3 Å². The van der Waals surface area contributed by atoms with Gasteiger partial charge < -0.3 is 4.90 Å². The molecule has 1 fully saturated rings. The summed E-state index contributed by atoms with van der Waals surface area (Å²) in [6.45, 7) is 3.17. The third kappa shape index (κ3) is 5.12. The van der Waals surface area contributed by atoms with E-state index < -0.39 is 11.7 Å². The van der Waals surface area contributed by atoms with Crippen LogP contribution in [0.2, 0.25) is 0 Å². The lowest BCUT2D eigenvalue weighted by Gasteiger charge is -2.32. The molecule has 0 spiro atoms. The highest BCUT2D eigenvalue weighted by Gasteiger charge is 2.31. The van der Waals surface area contributed by atoms with Gasteiger partial charge >= 0.3 is 6.18 Å². The number of aromatic nitrogens is 2. The summed E-state index contributed by atoms with van der Waals surface area (Å²) >= 11 is 1.53. The zero-order chi connectivity index (χ0) is 22.0. The van der Waals surface area contributed by atoms with Gasteiger partial charge in [0.15, 0.2) is 0 Å². The molecule has 2 aromatic heterocycles. The molecule has 4 nitrogen and oxygen atoms in total. The number of halogens is 3. The number of hydrogen-bond acceptors (Lipinski definition) is 4. The first-order chi connectivity index (χ1) is 14.8. The van der Waals surface area contributed by atoms with Crippen LogP contribution in [0.4, 0.5) is 13.2 Å². The molecule has 0 bridgehead atoms. The van der Waals surface area contributed by atoms with Crippen molar-refractivity contribution < 1.29 is 18.0 Å². The molecule has 0 N–H and O–H groups in total. The predicted octanol–water partition coefficient (Wildman–Crippen LogP) is 5.48. The maximum Gasteiger partial charge on any atom is 0.416 e. The summed E-state index contributed by atoms with van der Waals surface area (Å²) in [5.74, 6) is 0.102. The second-order valence-electron chi connectivity index (χ2n) is 7.74. The monoisotopic (exact) mass is 445 g/mol. The Kier molecular flexibility index (Phi) is 6.09. The van der Waals surface area contributed by atoms with Crippen LogP contribution in [0.1, 0.15) is 40.7 Å². The Labute approximate surface area is 182 Å². The largest absolute Gasteiger partial charge is 0.416 e. The quantitative estimate of drug-likeness (QED) is 0.534. The molecule has 0 saturated carbocycles. The van der Waals surface area contributed by atoms with Gasteiger partial charge in [0.25, 0.3) is 0 Å². The highest BCUT2D eigenvalue weighted by Crippen LogP contribution is 2.33. The van der Waals surface area contributed by atoms with Crippen LogP contribution in [-0.2, 0) is 17.4 Å². The van der Waals surface area contributed by atoms with Gasteiger partial charge in [-0.05, 0) is 44.0 Å². The van der Waals surface area contributed by atoms with Gasteiger partial charge in [-0.1, -0.05) is 18.2 Å². The van der Waals surface area contributed by atoms with E-state index in [1.165, 1.54) is 17.4 Å². The smallest absolute Gasteiger partial charge is 0.342 e. The molecule has 3 heterocycles. The van der Waals surface area contributed by atoms with Crippen molar-refractivity contribution in [2.24, 2.45) is 0 Å². The molecular weight excluding hydrogens is 423 g/mol. The summed E-state index contributed by atoms with van der Waals surface area (Å²) in [7, 11) is 0. The van der Waals surface area contributed by atoms with Crippen molar-refractivity contribution in [3.05, 3.63) is 69.8 Å². The van der Waals surface area contributed by atoms with Gasteiger partial charge in [-0.15, -0.1) is 11.3 Å². The number of carbonyl (C=O) groups is 1. The number of thiazole rings is 1. The predicted molar refractivity (Wildman–Crippen MR) is 114 cm³/mol. The molecule has 31 heavy (non-hydrogen) atoms. The van der Waals surface area contributed by atoms with Gasteiger partial charge in [0.2, 0.25) is 5.91 Å². The van der Waals surface area contributed by atoms with Crippen LogP contribution in [0.25, 0.3) is 11.3 Å². The lowest BCUT2D eigenvalue weighted by Crippen LogP contribution is -2.40. The number of benzene rings is 1. The number of rotatable bonds is 4. The fourth-order valence-corrected chi connectivity index (χ4v) is 4.51. The Morgan fingerprint density at radius 1 is 1.19 bits per heavy atom. The minimum atomic E-state index is -4.40. The summed E-state index contributed by atoms with van der Waals surface area (Å²) < 4.78 is 39.2. The zero-order valence-electron chi connectivity index (χ0n) is 17.0. The molecule has 3 aromatic rings. The van der Waals surface area contributed by atoms with Crippen molar-refractivity contribution in [2.75, 3.05) is 13.1 Å². The van der Waals surface area contributed by atoms with Gasteiger partial charge in [0, 0.05) is 35.6 Å². The lowest BCUT2D eigenvalue weighted by molar-refractivity contribution is -0.137. The number of nitrogens with zero attached hydrogens (tertiary/aromatic N) is 3. The third-order valence-electron chi connectivity index (χ3n) is 5.45. The lowest BCUT2D eigenvalue weighted by atomic mass is 9.93. The Morgan fingerprint density at radius 2 is 2.00 bits per heavy atom. The fraction of sp³-hybridized carbons (Fsp3) is 0.348. The van der Waals surface area contributed by atoms with Gasteiger partial charge in [-0.3, -0.25) is 9.78 Å². The molecule has 0 unspecified atom stereocenters. The van der Waals surface area contributed by atoms with Crippen molar-refractivity contribution in [3.63, 3.8) is 0 Å². The molecule has 0 radical (unpaired) electrons. The number of alkyl halides is 3. The molecule has 1 aliphatic heterocycles. The van der Waals surface area contributed by atoms with Crippen LogP contribution in [-0.4, -0.2) is 33.9 Å². The molecule has 1 aromatic carbocycles. The van der Waals surface area contributed by atoms with Crippen molar-refractivity contribution in [1.29, 1.82) is 0 Å². The van der Waals surface area contributed by atoms with Crippen LogP contribution >= 0.6 is 11.3 Å². The first-order valence-corrected chi connectivity index (χ1v) is 11.0. The second-order valence-corrected chi connectivity index (χ2v) is 8.80. The van der Waals surface area contributed by atoms with E-state index in [1.54, 1.807) is 12.1 Å². The third-order valence-corrected chi connectivity index (χ3v) is 6.27. The number of amides is 1. The molecule has 1 atom stereocenters. The Hall–Kier alpha value is -2.74. The number of likely N-dealkylation sites (tertiary alicyclic amines) is 1. The van der Waals surface area contributed by atoms with Crippen LogP contribution < -0.4 is 0 Å². The first-order valence-electron chi connectivity index (χ1n) is 10.1. The number of piperidine rings is 1. The van der Waals surface area contributed by atoms with Crippen LogP contribution in [0, 0.1) is 6.92 Å². The van der Waals surface area contributed by atoms with E-state index in [-0.39, 0.29) is 18.2 Å². The summed E-state index contributed by atoms with van der Waals surface area (Å²) in [4.78, 5) is 23.6. The summed E-state index contributed by atoms with van der Waals surface area (Å²) in [5, 5.41) is 2.85. The highest BCUT2D eigenvalue weighted by molar-refractivity contribution is 7.09. The van der Waals surface area contributed by atoms with Crippen LogP contribution in [0.3, 0.4) is 0 Å². The van der Waals surface area contributed by atoms with E-state index in [0.717, 1.165) is 41.4 Å². The van der Waals surface area contributed by atoms with Gasteiger partial charge in [-0.25, -0.2) is 4.98 Å². The normalized spacial score (nSPS) is 17.0. The summed E-state index contributed by atoms with van der Waals surface area (Å²) in [6, 6.07) is 10.6. The molecule has 8 heteroatoms. The van der Waals surface area contributed by atoms with Gasteiger partial charge in [-0.2, -0.15) is 13.2 Å². The topological polar surface area (TPSA) is 46.1 Å². The zero-order valence-corrected chi connectivity index (χ0v) is 17.8. The van der Waals surface area contributed by atoms with Crippen molar-refractivity contribution in [3.8, 4) is 11.3 Å². The first kappa shape index (κ1) is 21.5. The number of pyridine rings is 1. The van der Waals surface area contributed by atoms with Crippen LogP contribution in [0.5, 0.6) is 0 Å². The van der Waals surface area contributed by atoms with Crippen molar-refractivity contribution >= 4 is 17.2 Å². The molecule has 162 valence electrons. The Bertz CT molecular complexity index is 1080.